The highest BCUT2D eigenvalue weighted by atomic mass is 32.2. The SMILES string of the molecule is Cc1[nH]ncc1S(=O)(=O)NCCC1CCCO1. The molecule has 0 bridgehead atoms. The van der Waals surface area contributed by atoms with Crippen LogP contribution in [0.1, 0.15) is 25.0 Å². The highest BCUT2D eigenvalue weighted by Gasteiger charge is 2.20. The van der Waals surface area contributed by atoms with Crippen molar-refractivity contribution < 1.29 is 13.2 Å². The zero-order valence-electron chi connectivity index (χ0n) is 9.77. The molecule has 0 aromatic carbocycles. The van der Waals surface area contributed by atoms with E-state index in [1.807, 2.05) is 0 Å². The van der Waals surface area contributed by atoms with E-state index >= 15 is 0 Å². The van der Waals surface area contributed by atoms with Crippen molar-refractivity contribution in [3.63, 3.8) is 0 Å². The highest BCUT2D eigenvalue weighted by molar-refractivity contribution is 7.89. The Morgan fingerprint density at radius 1 is 1.65 bits per heavy atom. The summed E-state index contributed by atoms with van der Waals surface area (Å²) in [4.78, 5) is 0.213. The Morgan fingerprint density at radius 2 is 2.47 bits per heavy atom. The Labute approximate surface area is 101 Å². The third-order valence-corrected chi connectivity index (χ3v) is 4.43. The van der Waals surface area contributed by atoms with Gasteiger partial charge >= 0.3 is 0 Å². The summed E-state index contributed by atoms with van der Waals surface area (Å²) in [6, 6.07) is 0. The lowest BCUT2D eigenvalue weighted by molar-refractivity contribution is 0.105. The Hall–Kier alpha value is -0.920. The van der Waals surface area contributed by atoms with Crippen molar-refractivity contribution in [2.75, 3.05) is 13.2 Å². The van der Waals surface area contributed by atoms with Crippen LogP contribution in [0.2, 0.25) is 0 Å². The van der Waals surface area contributed by atoms with Gasteiger partial charge < -0.3 is 4.74 Å². The normalized spacial score (nSPS) is 20.9. The van der Waals surface area contributed by atoms with E-state index < -0.39 is 10.0 Å². The summed E-state index contributed by atoms with van der Waals surface area (Å²) < 4.78 is 31.7. The quantitative estimate of drug-likeness (QED) is 0.809. The van der Waals surface area contributed by atoms with Gasteiger partial charge in [0, 0.05) is 13.2 Å². The Morgan fingerprint density at radius 3 is 3.06 bits per heavy atom. The van der Waals surface area contributed by atoms with Crippen LogP contribution in [-0.2, 0) is 14.8 Å². The van der Waals surface area contributed by atoms with Gasteiger partial charge in [-0.2, -0.15) is 5.10 Å². The number of nitrogens with zero attached hydrogens (tertiary/aromatic N) is 1. The molecule has 1 fully saturated rings. The van der Waals surface area contributed by atoms with Crippen LogP contribution in [0, 0.1) is 6.92 Å². The second kappa shape index (κ2) is 5.16. The number of ether oxygens (including phenoxy) is 1. The first-order valence-electron chi connectivity index (χ1n) is 5.71. The summed E-state index contributed by atoms with van der Waals surface area (Å²) in [5.74, 6) is 0. The summed E-state index contributed by atoms with van der Waals surface area (Å²) in [6.07, 6.45) is 4.33. The lowest BCUT2D eigenvalue weighted by Crippen LogP contribution is -2.27. The molecule has 1 aromatic heterocycles. The molecule has 96 valence electrons. The maximum Gasteiger partial charge on any atom is 0.243 e. The molecule has 1 atom stereocenters. The van der Waals surface area contributed by atoms with Crippen LogP contribution in [0.5, 0.6) is 0 Å². The summed E-state index contributed by atoms with van der Waals surface area (Å²) in [5, 5.41) is 6.32. The fourth-order valence-electron chi connectivity index (χ4n) is 1.91. The second-order valence-corrected chi connectivity index (χ2v) is 5.92. The lowest BCUT2D eigenvalue weighted by atomic mass is 10.2. The molecule has 2 N–H and O–H groups in total. The summed E-state index contributed by atoms with van der Waals surface area (Å²) in [7, 11) is -3.44. The Bertz CT molecular complexity index is 463. The minimum Gasteiger partial charge on any atom is -0.378 e. The van der Waals surface area contributed by atoms with E-state index in [1.165, 1.54) is 6.20 Å². The van der Waals surface area contributed by atoms with Gasteiger partial charge in [-0.25, -0.2) is 13.1 Å². The fourth-order valence-corrected chi connectivity index (χ4v) is 3.10. The van der Waals surface area contributed by atoms with E-state index in [-0.39, 0.29) is 11.0 Å². The predicted octanol–water partition coefficient (Wildman–Crippen LogP) is 0.566. The van der Waals surface area contributed by atoms with Crippen LogP contribution < -0.4 is 4.72 Å². The number of hydrogen-bond acceptors (Lipinski definition) is 4. The zero-order chi connectivity index (χ0) is 12.3. The first-order valence-corrected chi connectivity index (χ1v) is 7.19. The van der Waals surface area contributed by atoms with Crippen molar-refractivity contribution in [2.45, 2.75) is 37.2 Å². The molecule has 6 nitrogen and oxygen atoms in total. The number of nitrogens with one attached hydrogen (secondary N) is 2. The van der Waals surface area contributed by atoms with Gasteiger partial charge in [0.05, 0.1) is 18.0 Å². The van der Waals surface area contributed by atoms with Crippen molar-refractivity contribution >= 4 is 10.0 Å². The average molecular weight is 259 g/mol. The molecule has 17 heavy (non-hydrogen) atoms. The Balaban J connectivity index is 1.87. The van der Waals surface area contributed by atoms with E-state index in [4.69, 9.17) is 4.74 Å². The minimum absolute atomic E-state index is 0.197. The van der Waals surface area contributed by atoms with Gasteiger partial charge in [0.1, 0.15) is 4.90 Å². The molecule has 0 saturated carbocycles. The molecule has 1 aliphatic rings. The monoisotopic (exact) mass is 259 g/mol. The van der Waals surface area contributed by atoms with Crippen LogP contribution >= 0.6 is 0 Å². The van der Waals surface area contributed by atoms with Crippen molar-refractivity contribution in [3.05, 3.63) is 11.9 Å². The van der Waals surface area contributed by atoms with Crippen molar-refractivity contribution in [2.24, 2.45) is 0 Å². The smallest absolute Gasteiger partial charge is 0.243 e. The third-order valence-electron chi connectivity index (χ3n) is 2.86. The first-order chi connectivity index (χ1) is 8.09. The van der Waals surface area contributed by atoms with E-state index in [2.05, 4.69) is 14.9 Å². The van der Waals surface area contributed by atoms with Gasteiger partial charge in [-0.1, -0.05) is 0 Å². The fraction of sp³-hybridized carbons (Fsp3) is 0.700. The molecule has 2 heterocycles. The molecular weight excluding hydrogens is 242 g/mol. The standard InChI is InChI=1S/C10H17N3O3S/c1-8-10(7-11-13-8)17(14,15)12-5-4-9-3-2-6-16-9/h7,9,12H,2-6H2,1H3,(H,11,13). The van der Waals surface area contributed by atoms with Crippen LogP contribution in [0.25, 0.3) is 0 Å². The van der Waals surface area contributed by atoms with Gasteiger partial charge in [-0.05, 0) is 26.2 Å². The molecule has 0 radical (unpaired) electrons. The number of hydrogen-bond donors (Lipinski definition) is 2. The van der Waals surface area contributed by atoms with Crippen LogP contribution in [-0.4, -0.2) is 37.9 Å². The molecule has 0 aliphatic carbocycles. The van der Waals surface area contributed by atoms with Crippen molar-refractivity contribution in [1.82, 2.24) is 14.9 Å². The maximum absolute atomic E-state index is 11.9. The maximum atomic E-state index is 11.9. The largest absolute Gasteiger partial charge is 0.378 e. The topological polar surface area (TPSA) is 84.1 Å². The number of aryl methyl sites for hydroxylation is 1. The van der Waals surface area contributed by atoms with Crippen LogP contribution in [0.4, 0.5) is 0 Å². The van der Waals surface area contributed by atoms with Gasteiger partial charge in [0.2, 0.25) is 10.0 Å². The molecule has 7 heteroatoms. The van der Waals surface area contributed by atoms with Gasteiger partial charge in [-0.15, -0.1) is 0 Å². The van der Waals surface area contributed by atoms with E-state index in [0.29, 0.717) is 12.2 Å². The molecule has 1 aliphatic heterocycles. The van der Waals surface area contributed by atoms with E-state index in [0.717, 1.165) is 25.9 Å². The van der Waals surface area contributed by atoms with Crippen molar-refractivity contribution in [3.8, 4) is 0 Å². The summed E-state index contributed by atoms with van der Waals surface area (Å²) >= 11 is 0. The van der Waals surface area contributed by atoms with Crippen LogP contribution in [0.15, 0.2) is 11.1 Å². The number of rotatable bonds is 5. The van der Waals surface area contributed by atoms with Gasteiger partial charge in [0.25, 0.3) is 0 Å². The molecule has 0 amide bonds. The lowest BCUT2D eigenvalue weighted by Gasteiger charge is -2.10. The number of sulfonamides is 1. The predicted molar refractivity (Wildman–Crippen MR) is 62.1 cm³/mol. The highest BCUT2D eigenvalue weighted by Crippen LogP contribution is 2.15. The summed E-state index contributed by atoms with van der Waals surface area (Å²) in [5.41, 5.74) is 0.551. The molecular formula is C10H17N3O3S. The molecule has 1 saturated heterocycles. The third kappa shape index (κ3) is 3.05. The first kappa shape index (κ1) is 12.5. The van der Waals surface area contributed by atoms with E-state index in [9.17, 15) is 8.42 Å². The van der Waals surface area contributed by atoms with Gasteiger partial charge in [-0.3, -0.25) is 5.10 Å². The summed E-state index contributed by atoms with van der Waals surface area (Å²) in [6.45, 7) is 2.87. The molecule has 0 spiro atoms. The molecule has 2 rings (SSSR count). The Kier molecular flexibility index (Phi) is 3.80. The second-order valence-electron chi connectivity index (χ2n) is 4.18. The van der Waals surface area contributed by atoms with Crippen LogP contribution in [0.3, 0.4) is 0 Å². The number of aromatic amines is 1. The minimum atomic E-state index is -3.44. The molecule has 1 unspecified atom stereocenters. The van der Waals surface area contributed by atoms with Crippen molar-refractivity contribution in [1.29, 1.82) is 0 Å². The molecule has 1 aromatic rings. The average Bonchev–Trinajstić information content (AvgIpc) is 2.88. The van der Waals surface area contributed by atoms with Gasteiger partial charge in [0.15, 0.2) is 0 Å². The zero-order valence-corrected chi connectivity index (χ0v) is 10.6. The number of H-pyrrole nitrogens is 1. The number of aromatic nitrogens is 2. The van der Waals surface area contributed by atoms with E-state index in [1.54, 1.807) is 6.92 Å².